The van der Waals surface area contributed by atoms with Crippen molar-refractivity contribution >= 4 is 27.9 Å². The molecule has 1 unspecified atom stereocenters. The minimum Gasteiger partial charge on any atom is -0.346 e. The Bertz CT molecular complexity index is 719. The highest BCUT2D eigenvalue weighted by molar-refractivity contribution is 9.10. The number of hydrogen-bond acceptors (Lipinski definition) is 2. The molecule has 4 nitrogen and oxygen atoms in total. The van der Waals surface area contributed by atoms with Gasteiger partial charge in [0.1, 0.15) is 0 Å². The first-order chi connectivity index (χ1) is 10.4. The number of nitrogens with one attached hydrogen (secondary N) is 1. The summed E-state index contributed by atoms with van der Waals surface area (Å²) in [5.41, 5.74) is 4.01. The molecule has 0 aliphatic heterocycles. The minimum absolute atomic E-state index is 0.0659. The SMILES string of the molecule is Cc1nn(C)c(C)c1/C=C/C(=O)NC(C)c1ccccc1Br. The lowest BCUT2D eigenvalue weighted by atomic mass is 10.1. The molecule has 0 radical (unpaired) electrons. The number of hydrogen-bond donors (Lipinski definition) is 1. The van der Waals surface area contributed by atoms with Crippen molar-refractivity contribution in [2.75, 3.05) is 0 Å². The van der Waals surface area contributed by atoms with Crippen molar-refractivity contribution in [3.8, 4) is 0 Å². The van der Waals surface area contributed by atoms with E-state index in [0.29, 0.717) is 0 Å². The van der Waals surface area contributed by atoms with Gasteiger partial charge >= 0.3 is 0 Å². The smallest absolute Gasteiger partial charge is 0.244 e. The number of carbonyl (C=O) groups excluding carboxylic acids is 1. The molecule has 1 N–H and O–H groups in total. The number of aryl methyl sites for hydroxylation is 2. The van der Waals surface area contributed by atoms with Crippen LogP contribution in [0.5, 0.6) is 0 Å². The first kappa shape index (κ1) is 16.5. The number of rotatable bonds is 4. The summed E-state index contributed by atoms with van der Waals surface area (Å²) in [7, 11) is 1.90. The molecular weight excluding hydrogens is 342 g/mol. The Hall–Kier alpha value is -1.88. The fourth-order valence-electron chi connectivity index (χ4n) is 2.36. The number of nitrogens with zero attached hydrogens (tertiary/aromatic N) is 2. The summed E-state index contributed by atoms with van der Waals surface area (Å²) >= 11 is 3.50. The van der Waals surface area contributed by atoms with Gasteiger partial charge in [0.15, 0.2) is 0 Å². The van der Waals surface area contributed by atoms with E-state index in [1.807, 2.05) is 62.8 Å². The van der Waals surface area contributed by atoms with Crippen LogP contribution in [0.15, 0.2) is 34.8 Å². The van der Waals surface area contributed by atoms with Crippen molar-refractivity contribution in [2.24, 2.45) is 7.05 Å². The lowest BCUT2D eigenvalue weighted by Gasteiger charge is -2.14. The molecule has 1 aromatic heterocycles. The van der Waals surface area contributed by atoms with Crippen LogP contribution in [-0.4, -0.2) is 15.7 Å². The summed E-state index contributed by atoms with van der Waals surface area (Å²) in [6, 6.07) is 7.81. The second-order valence-electron chi connectivity index (χ2n) is 5.29. The third-order valence-corrected chi connectivity index (χ3v) is 4.42. The molecule has 0 spiro atoms. The van der Waals surface area contributed by atoms with Crippen LogP contribution in [0.3, 0.4) is 0 Å². The first-order valence-corrected chi connectivity index (χ1v) is 7.92. The van der Waals surface area contributed by atoms with Crippen LogP contribution in [0.1, 0.15) is 35.5 Å². The molecule has 0 fully saturated rings. The average Bonchev–Trinajstić information content (AvgIpc) is 2.70. The molecule has 116 valence electrons. The highest BCUT2D eigenvalue weighted by Gasteiger charge is 2.11. The number of carbonyl (C=O) groups is 1. The van der Waals surface area contributed by atoms with Crippen molar-refractivity contribution < 1.29 is 4.79 Å². The van der Waals surface area contributed by atoms with Crippen LogP contribution in [0.25, 0.3) is 6.08 Å². The topological polar surface area (TPSA) is 46.9 Å². The summed E-state index contributed by atoms with van der Waals surface area (Å²) in [6.45, 7) is 5.89. The maximum atomic E-state index is 12.1. The standard InChI is InChI=1S/C17H20BrN3O/c1-11(15-7-5-6-8-16(15)18)19-17(22)10-9-14-12(2)20-21(4)13(14)3/h5-11H,1-4H3,(H,19,22)/b10-9+. The normalized spacial score (nSPS) is 12.6. The van der Waals surface area contributed by atoms with Crippen LogP contribution in [-0.2, 0) is 11.8 Å². The maximum absolute atomic E-state index is 12.1. The number of aromatic nitrogens is 2. The molecule has 2 aromatic rings. The van der Waals surface area contributed by atoms with Gasteiger partial charge in [0.25, 0.3) is 0 Å². The van der Waals surface area contributed by atoms with Gasteiger partial charge in [-0.15, -0.1) is 0 Å². The Labute approximate surface area is 139 Å². The molecule has 1 atom stereocenters. The van der Waals surface area contributed by atoms with Crippen molar-refractivity contribution in [3.63, 3.8) is 0 Å². The van der Waals surface area contributed by atoms with Crippen molar-refractivity contribution in [1.29, 1.82) is 0 Å². The fraction of sp³-hybridized carbons (Fsp3) is 0.294. The van der Waals surface area contributed by atoms with E-state index in [-0.39, 0.29) is 11.9 Å². The van der Waals surface area contributed by atoms with Crippen LogP contribution in [0, 0.1) is 13.8 Å². The van der Waals surface area contributed by atoms with Crippen molar-refractivity contribution in [3.05, 3.63) is 57.3 Å². The maximum Gasteiger partial charge on any atom is 0.244 e. The van der Waals surface area contributed by atoms with Gasteiger partial charge < -0.3 is 5.32 Å². The lowest BCUT2D eigenvalue weighted by molar-refractivity contribution is -0.117. The van der Waals surface area contributed by atoms with E-state index in [4.69, 9.17) is 0 Å². The molecule has 0 aliphatic carbocycles. The van der Waals surface area contributed by atoms with Crippen LogP contribution in [0.4, 0.5) is 0 Å². The molecule has 2 rings (SSSR count). The summed E-state index contributed by atoms with van der Waals surface area (Å²) in [5.74, 6) is -0.120. The van der Waals surface area contributed by atoms with E-state index in [2.05, 4.69) is 26.3 Å². The van der Waals surface area contributed by atoms with E-state index >= 15 is 0 Å². The van der Waals surface area contributed by atoms with E-state index in [9.17, 15) is 4.79 Å². The molecule has 0 saturated heterocycles. The van der Waals surface area contributed by atoms with Gasteiger partial charge in [-0.3, -0.25) is 9.48 Å². The van der Waals surface area contributed by atoms with E-state index in [1.165, 1.54) is 0 Å². The molecule has 0 aliphatic rings. The summed E-state index contributed by atoms with van der Waals surface area (Å²) in [6.07, 6.45) is 3.38. The highest BCUT2D eigenvalue weighted by atomic mass is 79.9. The summed E-state index contributed by atoms with van der Waals surface area (Å²) in [5, 5.41) is 7.31. The zero-order valence-electron chi connectivity index (χ0n) is 13.2. The Morgan fingerprint density at radius 3 is 2.64 bits per heavy atom. The fourth-order valence-corrected chi connectivity index (χ4v) is 2.98. The van der Waals surface area contributed by atoms with E-state index < -0.39 is 0 Å². The lowest BCUT2D eigenvalue weighted by Crippen LogP contribution is -2.24. The zero-order valence-corrected chi connectivity index (χ0v) is 14.8. The van der Waals surface area contributed by atoms with Gasteiger partial charge in [0.2, 0.25) is 5.91 Å². The third-order valence-electron chi connectivity index (χ3n) is 3.70. The van der Waals surface area contributed by atoms with Crippen LogP contribution < -0.4 is 5.32 Å². The minimum atomic E-state index is -0.120. The monoisotopic (exact) mass is 361 g/mol. The predicted octanol–water partition coefficient (Wildman–Crippen LogP) is 3.69. The molecule has 5 heteroatoms. The Morgan fingerprint density at radius 2 is 2.05 bits per heavy atom. The van der Waals surface area contributed by atoms with Crippen LogP contribution >= 0.6 is 15.9 Å². The molecule has 1 heterocycles. The number of halogens is 1. The molecule has 0 bridgehead atoms. The molecule has 0 saturated carbocycles. The van der Waals surface area contributed by atoms with Gasteiger partial charge in [-0.1, -0.05) is 34.1 Å². The molecule has 1 aromatic carbocycles. The second kappa shape index (κ2) is 6.92. The van der Waals surface area contributed by atoms with Gasteiger partial charge in [-0.25, -0.2) is 0 Å². The van der Waals surface area contributed by atoms with Crippen molar-refractivity contribution in [2.45, 2.75) is 26.8 Å². The van der Waals surface area contributed by atoms with Gasteiger partial charge in [0, 0.05) is 28.9 Å². The number of amides is 1. The second-order valence-corrected chi connectivity index (χ2v) is 6.15. The van der Waals surface area contributed by atoms with E-state index in [1.54, 1.807) is 6.08 Å². The van der Waals surface area contributed by atoms with Crippen molar-refractivity contribution in [1.82, 2.24) is 15.1 Å². The van der Waals surface area contributed by atoms with Gasteiger partial charge in [0.05, 0.1) is 11.7 Å². The third kappa shape index (κ3) is 3.65. The van der Waals surface area contributed by atoms with Gasteiger partial charge in [-0.2, -0.15) is 5.10 Å². The van der Waals surface area contributed by atoms with Crippen LogP contribution in [0.2, 0.25) is 0 Å². The quantitative estimate of drug-likeness (QED) is 0.844. The number of benzene rings is 1. The average molecular weight is 362 g/mol. The predicted molar refractivity (Wildman–Crippen MR) is 92.4 cm³/mol. The molecule has 1 amide bonds. The zero-order chi connectivity index (χ0) is 16.3. The Balaban J connectivity index is 2.07. The first-order valence-electron chi connectivity index (χ1n) is 7.13. The van der Waals surface area contributed by atoms with E-state index in [0.717, 1.165) is 27.0 Å². The molecule has 22 heavy (non-hydrogen) atoms. The Kier molecular flexibility index (Phi) is 5.19. The molecular formula is C17H20BrN3O. The Morgan fingerprint density at radius 1 is 1.36 bits per heavy atom. The summed E-state index contributed by atoms with van der Waals surface area (Å²) in [4.78, 5) is 12.1. The summed E-state index contributed by atoms with van der Waals surface area (Å²) < 4.78 is 2.81. The van der Waals surface area contributed by atoms with Gasteiger partial charge in [-0.05, 0) is 38.5 Å². The highest BCUT2D eigenvalue weighted by Crippen LogP contribution is 2.22. The largest absolute Gasteiger partial charge is 0.346 e.